The van der Waals surface area contributed by atoms with Crippen LogP contribution in [0.15, 0.2) is 47.5 Å². The van der Waals surface area contributed by atoms with E-state index >= 15 is 0 Å². The number of Topliss-reactive ketones (excluding diaryl/α,β-unsaturated/α-hetero) is 1. The van der Waals surface area contributed by atoms with Crippen molar-refractivity contribution >= 4 is 11.6 Å². The summed E-state index contributed by atoms with van der Waals surface area (Å²) in [5, 5.41) is 14.3. The van der Waals surface area contributed by atoms with Crippen LogP contribution in [0.4, 0.5) is 5.82 Å². The Hall–Kier alpha value is -3.23. The van der Waals surface area contributed by atoms with Gasteiger partial charge in [0.15, 0.2) is 17.9 Å². The molecule has 2 saturated carbocycles. The normalized spacial score (nSPS) is 19.1. The maximum atomic E-state index is 12.9. The number of fused-ring (bicyclic) bond motifs is 1. The molecule has 0 unspecified atom stereocenters. The first-order valence-corrected chi connectivity index (χ1v) is 14.2. The van der Waals surface area contributed by atoms with E-state index in [4.69, 9.17) is 9.15 Å². The highest BCUT2D eigenvalue weighted by Gasteiger charge is 2.48. The minimum absolute atomic E-state index is 0.0565. The highest BCUT2D eigenvalue weighted by molar-refractivity contribution is 5.96. The molecule has 2 N–H and O–H groups in total. The van der Waals surface area contributed by atoms with Crippen LogP contribution in [-0.2, 0) is 19.6 Å². The van der Waals surface area contributed by atoms with E-state index in [0.29, 0.717) is 48.8 Å². The van der Waals surface area contributed by atoms with E-state index in [1.807, 2.05) is 12.1 Å². The lowest BCUT2D eigenvalue weighted by molar-refractivity contribution is 0.0191. The average Bonchev–Trinajstić information content (AvgIpc) is 3.41. The molecule has 3 aliphatic rings. The number of aliphatic hydroxyl groups is 1. The molecule has 2 aromatic heterocycles. The Morgan fingerprint density at radius 1 is 1.31 bits per heavy atom. The van der Waals surface area contributed by atoms with E-state index in [0.717, 1.165) is 36.6 Å². The van der Waals surface area contributed by atoms with Crippen LogP contribution in [0.5, 0.6) is 5.75 Å². The SMILES string of the molecule is Cc1c(OCc2cnco2)ccc2c1CCN(C[C@@H](O)CCC(=O)c1ccnc(NC3CC4(CCC4)C3)c1)C2. The zero-order valence-electron chi connectivity index (χ0n) is 22.7. The molecule has 2 fully saturated rings. The van der Waals surface area contributed by atoms with Gasteiger partial charge in [-0.3, -0.25) is 9.69 Å². The van der Waals surface area contributed by atoms with Gasteiger partial charge in [0, 0.05) is 43.9 Å². The van der Waals surface area contributed by atoms with Crippen molar-refractivity contribution in [1.82, 2.24) is 14.9 Å². The van der Waals surface area contributed by atoms with Gasteiger partial charge in [-0.25, -0.2) is 9.97 Å². The van der Waals surface area contributed by atoms with Crippen LogP contribution in [0.3, 0.4) is 0 Å². The minimum Gasteiger partial charge on any atom is -0.485 e. The molecule has 3 aromatic rings. The second kappa shape index (κ2) is 11.1. The molecule has 206 valence electrons. The molecule has 2 aliphatic carbocycles. The maximum Gasteiger partial charge on any atom is 0.181 e. The number of nitrogens with one attached hydrogen (secondary N) is 1. The smallest absolute Gasteiger partial charge is 0.181 e. The number of anilines is 1. The van der Waals surface area contributed by atoms with Crippen molar-refractivity contribution in [3.8, 4) is 5.75 Å². The molecule has 6 rings (SSSR count). The standard InChI is InChI=1S/C31H38N4O4/c1-21-27-8-12-35(17-23(27)3-6-29(21)38-19-26-16-32-20-39-26)18-25(36)4-5-28(37)22-7-11-33-30(13-22)34-24-14-31(15-24)9-2-10-31/h3,6-7,11,13,16,20,24-25,36H,2,4-5,8-10,12,14-15,17-19H2,1H3,(H,33,34)/t25-/m0/s1. The number of oxazole rings is 1. The van der Waals surface area contributed by atoms with Gasteiger partial charge in [0.05, 0.1) is 12.3 Å². The van der Waals surface area contributed by atoms with Gasteiger partial charge in [-0.1, -0.05) is 12.5 Å². The number of β-amino-alcohol motifs (C(OH)–C–C–N with tert-alkyl or cyclic N) is 1. The lowest BCUT2D eigenvalue weighted by Gasteiger charge is -2.54. The van der Waals surface area contributed by atoms with E-state index in [1.54, 1.807) is 18.5 Å². The lowest BCUT2D eigenvalue weighted by Crippen LogP contribution is -2.49. The van der Waals surface area contributed by atoms with Crippen LogP contribution in [0, 0.1) is 12.3 Å². The second-order valence-electron chi connectivity index (χ2n) is 11.7. The van der Waals surface area contributed by atoms with Crippen molar-refractivity contribution in [2.24, 2.45) is 5.41 Å². The Labute approximate surface area is 229 Å². The highest BCUT2D eigenvalue weighted by Crippen LogP contribution is 2.56. The molecule has 0 amide bonds. The van der Waals surface area contributed by atoms with Crippen LogP contribution in [0.2, 0.25) is 0 Å². The van der Waals surface area contributed by atoms with Gasteiger partial charge >= 0.3 is 0 Å². The molecule has 39 heavy (non-hydrogen) atoms. The number of benzene rings is 1. The number of ketones is 1. The molecule has 0 radical (unpaired) electrons. The number of hydrogen-bond acceptors (Lipinski definition) is 8. The number of aliphatic hydroxyl groups excluding tert-OH is 1. The van der Waals surface area contributed by atoms with Crippen LogP contribution < -0.4 is 10.1 Å². The number of carbonyl (C=O) groups excluding carboxylic acids is 1. The fourth-order valence-electron chi connectivity index (χ4n) is 6.55. The van der Waals surface area contributed by atoms with Gasteiger partial charge in [0.25, 0.3) is 0 Å². The Bertz CT molecular complexity index is 1300. The molecule has 8 nitrogen and oxygen atoms in total. The van der Waals surface area contributed by atoms with Crippen molar-refractivity contribution in [1.29, 1.82) is 0 Å². The number of rotatable bonds is 11. The average molecular weight is 531 g/mol. The van der Waals surface area contributed by atoms with Crippen LogP contribution in [0.1, 0.15) is 77.8 Å². The van der Waals surface area contributed by atoms with Gasteiger partial charge in [-0.15, -0.1) is 0 Å². The van der Waals surface area contributed by atoms with Gasteiger partial charge in [0.1, 0.15) is 18.2 Å². The number of hydrogen-bond donors (Lipinski definition) is 2. The van der Waals surface area contributed by atoms with Gasteiger partial charge < -0.3 is 19.6 Å². The molecule has 0 saturated heterocycles. The Balaban J connectivity index is 0.962. The van der Waals surface area contributed by atoms with Crippen molar-refractivity contribution in [2.45, 2.75) is 83.6 Å². The summed E-state index contributed by atoms with van der Waals surface area (Å²) in [5.41, 5.74) is 5.01. The molecule has 8 heteroatoms. The first kappa shape index (κ1) is 26.0. The zero-order chi connectivity index (χ0) is 26.8. The predicted octanol–water partition coefficient (Wildman–Crippen LogP) is 5.08. The summed E-state index contributed by atoms with van der Waals surface area (Å²) in [4.78, 5) is 23.5. The number of pyridine rings is 1. The van der Waals surface area contributed by atoms with Gasteiger partial charge in [-0.05, 0) is 85.8 Å². The van der Waals surface area contributed by atoms with Crippen LogP contribution in [-0.4, -0.2) is 51.0 Å². The highest BCUT2D eigenvalue weighted by atomic mass is 16.5. The molecule has 1 spiro atoms. The largest absolute Gasteiger partial charge is 0.485 e. The minimum atomic E-state index is -0.547. The number of ether oxygens (including phenoxy) is 1. The Morgan fingerprint density at radius 2 is 2.18 bits per heavy atom. The molecule has 0 bridgehead atoms. The number of carbonyl (C=O) groups is 1. The molecule has 1 aliphatic heterocycles. The third-order valence-electron chi connectivity index (χ3n) is 8.95. The first-order chi connectivity index (χ1) is 19.0. The molecule has 1 aromatic carbocycles. The molecule has 1 atom stereocenters. The summed E-state index contributed by atoms with van der Waals surface area (Å²) in [6.45, 7) is 4.66. The van der Waals surface area contributed by atoms with E-state index in [9.17, 15) is 9.90 Å². The third kappa shape index (κ3) is 5.87. The topological polar surface area (TPSA) is 101 Å². The molecule has 3 heterocycles. The summed E-state index contributed by atoms with van der Waals surface area (Å²) < 4.78 is 11.2. The summed E-state index contributed by atoms with van der Waals surface area (Å²) in [7, 11) is 0. The quantitative estimate of drug-likeness (QED) is 0.331. The number of nitrogens with zero attached hydrogens (tertiary/aromatic N) is 3. The van der Waals surface area contributed by atoms with E-state index < -0.39 is 6.10 Å². The van der Waals surface area contributed by atoms with E-state index in [1.165, 1.54) is 49.6 Å². The lowest BCUT2D eigenvalue weighted by atomic mass is 9.54. The molecular formula is C31H38N4O4. The van der Waals surface area contributed by atoms with Crippen molar-refractivity contribution < 1.29 is 19.1 Å². The number of aromatic nitrogens is 2. The van der Waals surface area contributed by atoms with Crippen molar-refractivity contribution in [2.75, 3.05) is 18.4 Å². The summed E-state index contributed by atoms with van der Waals surface area (Å²) in [5.74, 6) is 2.40. The summed E-state index contributed by atoms with van der Waals surface area (Å²) in [6.07, 6.45) is 12.5. The van der Waals surface area contributed by atoms with Crippen LogP contribution in [0.25, 0.3) is 0 Å². The monoisotopic (exact) mass is 530 g/mol. The van der Waals surface area contributed by atoms with E-state index in [2.05, 4.69) is 33.2 Å². The first-order valence-electron chi connectivity index (χ1n) is 14.2. The van der Waals surface area contributed by atoms with E-state index in [-0.39, 0.29) is 5.78 Å². The second-order valence-corrected chi connectivity index (χ2v) is 11.7. The maximum absolute atomic E-state index is 12.9. The zero-order valence-corrected chi connectivity index (χ0v) is 22.7. The fraction of sp³-hybridized carbons (Fsp3) is 0.516. The van der Waals surface area contributed by atoms with Crippen LogP contribution >= 0.6 is 0 Å². The van der Waals surface area contributed by atoms with Gasteiger partial charge in [-0.2, -0.15) is 0 Å². The van der Waals surface area contributed by atoms with Crippen molar-refractivity contribution in [3.63, 3.8) is 0 Å². The Kier molecular flexibility index (Phi) is 7.40. The predicted molar refractivity (Wildman–Crippen MR) is 148 cm³/mol. The van der Waals surface area contributed by atoms with Crippen molar-refractivity contribution in [3.05, 3.63) is 71.1 Å². The summed E-state index contributed by atoms with van der Waals surface area (Å²) in [6, 6.07) is 8.25. The fourth-order valence-corrected chi connectivity index (χ4v) is 6.55. The van der Waals surface area contributed by atoms with Gasteiger partial charge in [0.2, 0.25) is 0 Å². The molecular weight excluding hydrogens is 492 g/mol. The Morgan fingerprint density at radius 3 is 2.95 bits per heavy atom. The third-order valence-corrected chi connectivity index (χ3v) is 8.95. The summed E-state index contributed by atoms with van der Waals surface area (Å²) >= 11 is 0.